The van der Waals surface area contributed by atoms with Crippen LogP contribution in [-0.2, 0) is 10.2 Å². The molecule has 0 unspecified atom stereocenters. The molecule has 1 saturated heterocycles. The van der Waals surface area contributed by atoms with Gasteiger partial charge in [0.15, 0.2) is 5.82 Å². The van der Waals surface area contributed by atoms with E-state index in [-0.39, 0.29) is 34.7 Å². The van der Waals surface area contributed by atoms with Gasteiger partial charge in [0.25, 0.3) is 5.91 Å². The molecule has 0 saturated carbocycles. The molecule has 8 N–H and O–H groups in total. The van der Waals surface area contributed by atoms with Gasteiger partial charge in [-0.05, 0) is 49.2 Å². The van der Waals surface area contributed by atoms with Crippen LogP contribution in [-0.4, -0.2) is 56.7 Å². The predicted molar refractivity (Wildman–Crippen MR) is 174 cm³/mol. The van der Waals surface area contributed by atoms with Crippen LogP contribution in [0.3, 0.4) is 0 Å². The summed E-state index contributed by atoms with van der Waals surface area (Å²) in [6, 6.07) is 14.8. The first-order valence-electron chi connectivity index (χ1n) is 14.7. The van der Waals surface area contributed by atoms with Crippen molar-refractivity contribution in [3.8, 4) is 0 Å². The minimum Gasteiger partial charge on any atom is -0.383 e. The number of primary amides is 1. The molecule has 0 radical (unpaired) electrons. The molecule has 0 aliphatic carbocycles. The van der Waals surface area contributed by atoms with E-state index < -0.39 is 6.03 Å². The number of carbonyl (C=O) groups excluding carboxylic acids is 3. The van der Waals surface area contributed by atoms with E-state index in [1.165, 1.54) is 6.33 Å². The summed E-state index contributed by atoms with van der Waals surface area (Å²) in [6.07, 6.45) is 2.39. The molecule has 14 nitrogen and oxygen atoms in total. The first-order chi connectivity index (χ1) is 21.9. The number of anilines is 5. The van der Waals surface area contributed by atoms with Gasteiger partial charge in [0, 0.05) is 53.0 Å². The fraction of sp³-hybridized carbons (Fsp3) is 0.281. The van der Waals surface area contributed by atoms with Gasteiger partial charge in [-0.2, -0.15) is 0 Å². The Hall–Kier alpha value is -5.79. The van der Waals surface area contributed by atoms with E-state index in [1.54, 1.807) is 59.5 Å². The summed E-state index contributed by atoms with van der Waals surface area (Å²) in [6.45, 7) is 6.87. The summed E-state index contributed by atoms with van der Waals surface area (Å²) in [4.78, 5) is 47.0. The Labute approximate surface area is 265 Å². The SMILES string of the molecule is CC(C)(C)c1cc(NC(=O)Nc2ccc(Nc3ncnc(N)c3C(=N)c3ccc(C(=O)N4CCC(C(N)=O)CC4)cc3)cc2)no1. The summed E-state index contributed by atoms with van der Waals surface area (Å²) >= 11 is 0. The quantitative estimate of drug-likeness (QED) is 0.152. The van der Waals surface area contributed by atoms with Gasteiger partial charge in [-0.15, -0.1) is 0 Å². The number of carbonyl (C=O) groups is 3. The Balaban J connectivity index is 1.23. The Kier molecular flexibility index (Phi) is 8.98. The maximum absolute atomic E-state index is 13.0. The molecular formula is C32H36N10O4. The highest BCUT2D eigenvalue weighted by molar-refractivity contribution is 6.16. The zero-order valence-corrected chi connectivity index (χ0v) is 25.8. The summed E-state index contributed by atoms with van der Waals surface area (Å²) in [5.74, 6) is 0.697. The first-order valence-corrected chi connectivity index (χ1v) is 14.7. The van der Waals surface area contributed by atoms with Crippen molar-refractivity contribution in [1.29, 1.82) is 5.41 Å². The first kappa shape index (κ1) is 31.6. The third-order valence-corrected chi connectivity index (χ3v) is 7.63. The third kappa shape index (κ3) is 7.29. The summed E-state index contributed by atoms with van der Waals surface area (Å²) in [5, 5.41) is 21.3. The lowest BCUT2D eigenvalue weighted by Gasteiger charge is -2.30. The van der Waals surface area contributed by atoms with Crippen LogP contribution in [0.15, 0.2) is 65.4 Å². The van der Waals surface area contributed by atoms with Crippen molar-refractivity contribution in [3.63, 3.8) is 0 Å². The fourth-order valence-corrected chi connectivity index (χ4v) is 4.95. The molecule has 1 aliphatic heterocycles. The number of urea groups is 1. The number of nitrogen functional groups attached to an aromatic ring is 1. The minimum atomic E-state index is -0.478. The average Bonchev–Trinajstić information content (AvgIpc) is 3.51. The molecule has 1 aliphatic rings. The molecule has 4 amide bonds. The standard InChI is InChI=1S/C32H36N10O4/c1-32(2,3)23-16-24(41-46-23)40-31(45)39-22-10-8-21(9-11-22)38-29-25(27(34)36-17-37-29)26(33)18-4-6-20(7-5-18)30(44)42-14-12-19(13-15-42)28(35)43/h4-11,16-17,19,33H,12-15H2,1-3H3,(H2,35,43)(H3,34,36,37,38)(H2,39,40,41,45). The number of nitrogens with zero attached hydrogens (tertiary/aromatic N) is 4. The van der Waals surface area contributed by atoms with Gasteiger partial charge in [0.05, 0.1) is 11.3 Å². The molecule has 14 heteroatoms. The van der Waals surface area contributed by atoms with Crippen molar-refractivity contribution in [2.45, 2.75) is 39.0 Å². The Morgan fingerprint density at radius 2 is 1.57 bits per heavy atom. The number of rotatable bonds is 8. The number of hydrogen-bond acceptors (Lipinski definition) is 10. The zero-order valence-electron chi connectivity index (χ0n) is 25.8. The van der Waals surface area contributed by atoms with E-state index in [2.05, 4.69) is 31.1 Å². The van der Waals surface area contributed by atoms with Gasteiger partial charge in [-0.1, -0.05) is 38.1 Å². The van der Waals surface area contributed by atoms with Crippen molar-refractivity contribution in [2.75, 3.05) is 34.8 Å². The van der Waals surface area contributed by atoms with E-state index in [9.17, 15) is 14.4 Å². The largest absolute Gasteiger partial charge is 0.383 e. The highest BCUT2D eigenvalue weighted by atomic mass is 16.5. The molecule has 2 aromatic heterocycles. The fourth-order valence-electron chi connectivity index (χ4n) is 4.95. The molecule has 4 aromatic rings. The molecule has 0 atom stereocenters. The van der Waals surface area contributed by atoms with Crippen LogP contribution in [0.5, 0.6) is 0 Å². The van der Waals surface area contributed by atoms with E-state index in [0.717, 1.165) is 0 Å². The van der Waals surface area contributed by atoms with Crippen LogP contribution in [0.25, 0.3) is 0 Å². The highest BCUT2D eigenvalue weighted by Crippen LogP contribution is 2.27. The Morgan fingerprint density at radius 1 is 0.935 bits per heavy atom. The van der Waals surface area contributed by atoms with E-state index in [0.29, 0.717) is 71.4 Å². The minimum absolute atomic E-state index is 0.0688. The van der Waals surface area contributed by atoms with Crippen molar-refractivity contribution >= 4 is 52.4 Å². The lowest BCUT2D eigenvalue weighted by atomic mass is 9.93. The number of benzene rings is 2. The molecule has 0 spiro atoms. The van der Waals surface area contributed by atoms with Gasteiger partial charge in [-0.25, -0.2) is 14.8 Å². The van der Waals surface area contributed by atoms with E-state index in [1.807, 2.05) is 20.8 Å². The second-order valence-corrected chi connectivity index (χ2v) is 12.0. The van der Waals surface area contributed by atoms with Crippen LogP contribution in [0.1, 0.15) is 60.9 Å². The Morgan fingerprint density at radius 3 is 2.17 bits per heavy atom. The third-order valence-electron chi connectivity index (χ3n) is 7.63. The average molecular weight is 625 g/mol. The lowest BCUT2D eigenvalue weighted by molar-refractivity contribution is -0.123. The summed E-state index contributed by atoms with van der Waals surface area (Å²) < 4.78 is 5.30. The number of likely N-dealkylation sites (tertiary alicyclic amines) is 1. The van der Waals surface area contributed by atoms with Crippen molar-refractivity contribution < 1.29 is 18.9 Å². The topological polar surface area (TPSA) is 218 Å². The Bertz CT molecular complexity index is 1750. The van der Waals surface area contributed by atoms with Crippen molar-refractivity contribution in [1.82, 2.24) is 20.0 Å². The van der Waals surface area contributed by atoms with Crippen molar-refractivity contribution in [3.05, 3.63) is 83.4 Å². The maximum Gasteiger partial charge on any atom is 0.324 e. The number of amides is 4. The lowest BCUT2D eigenvalue weighted by Crippen LogP contribution is -2.41. The smallest absolute Gasteiger partial charge is 0.324 e. The second kappa shape index (κ2) is 13.1. The number of piperidine rings is 1. The molecule has 3 heterocycles. The molecule has 5 rings (SSSR count). The molecular weight excluding hydrogens is 588 g/mol. The summed E-state index contributed by atoms with van der Waals surface area (Å²) in [7, 11) is 0. The molecule has 238 valence electrons. The summed E-state index contributed by atoms with van der Waals surface area (Å²) in [5.41, 5.74) is 13.9. The van der Waals surface area contributed by atoms with Gasteiger partial charge < -0.3 is 31.5 Å². The van der Waals surface area contributed by atoms with Gasteiger partial charge in [0.1, 0.15) is 23.7 Å². The van der Waals surface area contributed by atoms with Crippen LogP contribution in [0.4, 0.5) is 33.6 Å². The predicted octanol–water partition coefficient (Wildman–Crippen LogP) is 4.49. The second-order valence-electron chi connectivity index (χ2n) is 12.0. The number of aromatic nitrogens is 3. The van der Waals surface area contributed by atoms with Crippen LogP contribution >= 0.6 is 0 Å². The molecule has 1 fully saturated rings. The van der Waals surface area contributed by atoms with Crippen LogP contribution in [0, 0.1) is 11.3 Å². The van der Waals surface area contributed by atoms with E-state index >= 15 is 0 Å². The van der Waals surface area contributed by atoms with Gasteiger partial charge >= 0.3 is 6.03 Å². The normalized spacial score (nSPS) is 13.6. The van der Waals surface area contributed by atoms with Crippen LogP contribution < -0.4 is 27.4 Å². The molecule has 0 bridgehead atoms. The molecule has 46 heavy (non-hydrogen) atoms. The van der Waals surface area contributed by atoms with E-state index in [4.69, 9.17) is 21.4 Å². The highest BCUT2D eigenvalue weighted by Gasteiger charge is 2.27. The zero-order chi connectivity index (χ0) is 33.0. The number of nitrogens with one attached hydrogen (secondary N) is 4. The molecule has 2 aromatic carbocycles. The number of nitrogens with two attached hydrogens (primary N) is 2. The number of hydrogen-bond donors (Lipinski definition) is 6. The van der Waals surface area contributed by atoms with Gasteiger partial charge in [-0.3, -0.25) is 20.3 Å². The maximum atomic E-state index is 13.0. The van der Waals surface area contributed by atoms with Crippen molar-refractivity contribution in [2.24, 2.45) is 11.7 Å². The monoisotopic (exact) mass is 624 g/mol. The van der Waals surface area contributed by atoms with Crippen LogP contribution in [0.2, 0.25) is 0 Å². The van der Waals surface area contributed by atoms with Gasteiger partial charge in [0.2, 0.25) is 5.91 Å².